The predicted octanol–water partition coefficient (Wildman–Crippen LogP) is 6.08. The number of hydrogen-bond acceptors (Lipinski definition) is 3. The van der Waals surface area contributed by atoms with E-state index in [4.69, 9.17) is 4.74 Å². The lowest BCUT2D eigenvalue weighted by Gasteiger charge is -2.29. The Morgan fingerprint density at radius 1 is 1.03 bits per heavy atom. The number of rotatable bonds is 9. The molecule has 2 amide bonds. The van der Waals surface area contributed by atoms with Gasteiger partial charge in [-0.25, -0.2) is 0 Å². The topological polar surface area (TPSA) is 58.6 Å². The quantitative estimate of drug-likeness (QED) is 0.390. The first-order valence-corrected chi connectivity index (χ1v) is 12.7. The van der Waals surface area contributed by atoms with Gasteiger partial charge >= 0.3 is 0 Å². The molecule has 2 aromatic rings. The van der Waals surface area contributed by atoms with Gasteiger partial charge in [0.15, 0.2) is 6.61 Å². The number of nitrogens with zero attached hydrogens (tertiary/aromatic N) is 1. The minimum atomic E-state index is -0.629. The van der Waals surface area contributed by atoms with E-state index in [9.17, 15) is 9.59 Å². The number of amides is 2. The molecule has 0 spiro atoms. The zero-order valence-corrected chi connectivity index (χ0v) is 23.4. The number of nitrogens with one attached hydrogen (secondary N) is 1. The fourth-order valence-corrected chi connectivity index (χ4v) is 3.89. The van der Waals surface area contributed by atoms with Crippen LogP contribution in [0, 0.1) is 5.92 Å². The molecule has 7 heteroatoms. The molecule has 0 aliphatic heterocycles. The lowest BCUT2D eigenvalue weighted by Crippen LogP contribution is -2.49. The first-order chi connectivity index (χ1) is 15.4. The normalized spacial score (nSPS) is 12.4. The number of hydrogen-bond donors (Lipinski definition) is 1. The van der Waals surface area contributed by atoms with Crippen molar-refractivity contribution in [2.24, 2.45) is 5.92 Å². The molecule has 0 aromatic heterocycles. The van der Waals surface area contributed by atoms with E-state index in [2.05, 4.69) is 57.9 Å². The smallest absolute Gasteiger partial charge is 0.261 e. The Kier molecular flexibility index (Phi) is 9.98. The maximum Gasteiger partial charge on any atom is 0.261 e. The maximum atomic E-state index is 13.2. The van der Waals surface area contributed by atoms with Gasteiger partial charge in [-0.3, -0.25) is 9.59 Å². The summed E-state index contributed by atoms with van der Waals surface area (Å²) in [5.74, 6) is 0.493. The van der Waals surface area contributed by atoms with E-state index in [-0.39, 0.29) is 23.8 Å². The van der Waals surface area contributed by atoms with Gasteiger partial charge in [0.05, 0.1) is 4.47 Å². The molecule has 0 saturated carbocycles. The summed E-state index contributed by atoms with van der Waals surface area (Å²) in [5, 5.41) is 2.93. The molecule has 1 atom stereocenters. The number of carbonyl (C=O) groups is 2. The largest absolute Gasteiger partial charge is 0.483 e. The highest BCUT2D eigenvalue weighted by Crippen LogP contribution is 2.31. The molecule has 5 nitrogen and oxygen atoms in total. The van der Waals surface area contributed by atoms with Crippen LogP contribution < -0.4 is 10.1 Å². The summed E-state index contributed by atoms with van der Waals surface area (Å²) in [6.07, 6.45) is 0. The molecule has 0 radical (unpaired) electrons. The highest BCUT2D eigenvalue weighted by atomic mass is 79.9. The molecule has 180 valence electrons. The average molecular weight is 582 g/mol. The van der Waals surface area contributed by atoms with E-state index in [1.54, 1.807) is 11.8 Å². The molecule has 0 heterocycles. The van der Waals surface area contributed by atoms with Crippen LogP contribution in [0.25, 0.3) is 0 Å². The Hall–Kier alpha value is -1.86. The van der Waals surface area contributed by atoms with Crippen molar-refractivity contribution in [1.29, 1.82) is 0 Å². The van der Waals surface area contributed by atoms with Gasteiger partial charge < -0.3 is 15.0 Å². The highest BCUT2D eigenvalue weighted by molar-refractivity contribution is 9.10. The molecule has 0 aliphatic carbocycles. The summed E-state index contributed by atoms with van der Waals surface area (Å²) < 4.78 is 7.61. The Bertz CT molecular complexity index is 953. The van der Waals surface area contributed by atoms with Gasteiger partial charge in [0.25, 0.3) is 5.91 Å². The van der Waals surface area contributed by atoms with Crippen molar-refractivity contribution in [3.8, 4) is 5.75 Å². The minimum Gasteiger partial charge on any atom is -0.483 e. The molecular formula is C26H34Br2N2O3. The summed E-state index contributed by atoms with van der Waals surface area (Å²) >= 11 is 6.99. The molecule has 0 fully saturated rings. The summed E-state index contributed by atoms with van der Waals surface area (Å²) in [5.41, 5.74) is 2.11. The van der Waals surface area contributed by atoms with Crippen LogP contribution in [0.2, 0.25) is 0 Å². The zero-order chi connectivity index (χ0) is 24.8. The molecule has 2 rings (SSSR count). The van der Waals surface area contributed by atoms with E-state index in [0.717, 1.165) is 14.5 Å². The van der Waals surface area contributed by atoms with Gasteiger partial charge in [0.2, 0.25) is 5.91 Å². The van der Waals surface area contributed by atoms with Crippen LogP contribution in [0.4, 0.5) is 0 Å². The van der Waals surface area contributed by atoms with Crippen molar-refractivity contribution in [2.45, 2.75) is 59.5 Å². The lowest BCUT2D eigenvalue weighted by atomic mass is 9.87. The predicted molar refractivity (Wildman–Crippen MR) is 140 cm³/mol. The Labute approximate surface area is 214 Å². The number of halogens is 2. The molecule has 33 heavy (non-hydrogen) atoms. The van der Waals surface area contributed by atoms with Gasteiger partial charge in [0.1, 0.15) is 11.8 Å². The zero-order valence-electron chi connectivity index (χ0n) is 20.2. The fourth-order valence-electron chi connectivity index (χ4n) is 3.13. The first kappa shape index (κ1) is 27.4. The van der Waals surface area contributed by atoms with Crippen LogP contribution in [-0.2, 0) is 21.5 Å². The standard InChI is InChI=1S/C26H34Br2N2O3/c1-17(2)14-29-25(32)18(3)30(15-19-7-10-21(27)11-8-19)24(31)16-33-23-12-9-20(13-22(23)28)26(4,5)6/h7-13,17-18H,14-16H2,1-6H3,(H,29,32)/t18-/m0/s1. The SMILES string of the molecule is CC(C)CNC(=O)[C@H](C)N(Cc1ccc(Br)cc1)C(=O)COc1ccc(C(C)(C)C)cc1Br. The van der Waals surface area contributed by atoms with Crippen LogP contribution >= 0.6 is 31.9 Å². The minimum absolute atomic E-state index is 0.0110. The second kappa shape index (κ2) is 12.0. The summed E-state index contributed by atoms with van der Waals surface area (Å²) in [4.78, 5) is 27.5. The lowest BCUT2D eigenvalue weighted by molar-refractivity contribution is -0.142. The van der Waals surface area contributed by atoms with E-state index >= 15 is 0 Å². The van der Waals surface area contributed by atoms with Gasteiger partial charge in [-0.1, -0.05) is 68.7 Å². The highest BCUT2D eigenvalue weighted by Gasteiger charge is 2.27. The maximum absolute atomic E-state index is 13.2. The Morgan fingerprint density at radius 2 is 1.67 bits per heavy atom. The molecule has 1 N–H and O–H groups in total. The fraction of sp³-hybridized carbons (Fsp3) is 0.462. The van der Waals surface area contributed by atoms with Crippen molar-refractivity contribution in [3.05, 3.63) is 62.5 Å². The van der Waals surface area contributed by atoms with Crippen molar-refractivity contribution in [1.82, 2.24) is 10.2 Å². The van der Waals surface area contributed by atoms with Gasteiger partial charge in [-0.15, -0.1) is 0 Å². The molecule has 0 aliphatic rings. The van der Waals surface area contributed by atoms with Crippen LogP contribution in [0.15, 0.2) is 51.4 Å². The van der Waals surface area contributed by atoms with Crippen molar-refractivity contribution in [3.63, 3.8) is 0 Å². The second-order valence-electron chi connectivity index (χ2n) is 9.65. The Morgan fingerprint density at radius 3 is 2.21 bits per heavy atom. The van der Waals surface area contributed by atoms with Crippen LogP contribution in [-0.4, -0.2) is 35.9 Å². The summed E-state index contributed by atoms with van der Waals surface area (Å²) in [7, 11) is 0. The third-order valence-electron chi connectivity index (χ3n) is 5.27. The van der Waals surface area contributed by atoms with Gasteiger partial charge in [-0.2, -0.15) is 0 Å². The summed E-state index contributed by atoms with van der Waals surface area (Å²) in [6.45, 7) is 13.0. The van der Waals surface area contributed by atoms with Crippen molar-refractivity contribution < 1.29 is 14.3 Å². The third kappa shape index (κ3) is 8.45. The van der Waals surface area contributed by atoms with E-state index in [1.165, 1.54) is 5.56 Å². The van der Waals surface area contributed by atoms with Crippen LogP contribution in [0.1, 0.15) is 52.7 Å². The van der Waals surface area contributed by atoms with Gasteiger partial charge in [0, 0.05) is 17.6 Å². The van der Waals surface area contributed by atoms with Crippen LogP contribution in [0.3, 0.4) is 0 Å². The van der Waals surface area contributed by atoms with Crippen molar-refractivity contribution in [2.75, 3.05) is 13.2 Å². The molecule has 0 saturated heterocycles. The van der Waals surface area contributed by atoms with Gasteiger partial charge in [-0.05, 0) is 69.6 Å². The molecule has 0 unspecified atom stereocenters. The Balaban J connectivity index is 2.16. The molecular weight excluding hydrogens is 548 g/mol. The number of benzene rings is 2. The van der Waals surface area contributed by atoms with E-state index in [0.29, 0.717) is 24.8 Å². The van der Waals surface area contributed by atoms with E-state index < -0.39 is 6.04 Å². The average Bonchev–Trinajstić information content (AvgIpc) is 2.74. The number of carbonyl (C=O) groups excluding carboxylic acids is 2. The summed E-state index contributed by atoms with van der Waals surface area (Å²) in [6, 6.07) is 13.0. The van der Waals surface area contributed by atoms with E-state index in [1.807, 2.05) is 56.3 Å². The van der Waals surface area contributed by atoms with Crippen LogP contribution in [0.5, 0.6) is 5.75 Å². The third-order valence-corrected chi connectivity index (χ3v) is 6.42. The first-order valence-electron chi connectivity index (χ1n) is 11.1. The molecule has 0 bridgehead atoms. The number of ether oxygens (including phenoxy) is 1. The molecule has 2 aromatic carbocycles. The van der Waals surface area contributed by atoms with Crippen molar-refractivity contribution >= 4 is 43.7 Å². The monoisotopic (exact) mass is 580 g/mol. The second-order valence-corrected chi connectivity index (χ2v) is 11.4.